The van der Waals surface area contributed by atoms with Crippen molar-refractivity contribution in [3.63, 3.8) is 0 Å². The van der Waals surface area contributed by atoms with Crippen molar-refractivity contribution in [2.75, 3.05) is 26.8 Å². The molecular formula is C26H29Cl2N3O3. The van der Waals surface area contributed by atoms with E-state index in [4.69, 9.17) is 27.9 Å². The van der Waals surface area contributed by atoms with Gasteiger partial charge in [-0.15, -0.1) is 0 Å². The molecule has 0 fully saturated rings. The Morgan fingerprint density at radius 3 is 2.35 bits per heavy atom. The molecule has 1 aromatic heterocycles. The van der Waals surface area contributed by atoms with Crippen LogP contribution in [-0.2, 0) is 29.7 Å². The molecular weight excluding hydrogens is 473 g/mol. The topological polar surface area (TPSA) is 54.8 Å². The molecule has 0 bridgehead atoms. The lowest BCUT2D eigenvalue weighted by atomic mass is 10.1. The number of nitrogens with zero attached hydrogens (tertiary/aromatic N) is 3. The molecule has 34 heavy (non-hydrogen) atoms. The van der Waals surface area contributed by atoms with E-state index in [2.05, 4.69) is 0 Å². The Balaban J connectivity index is 1.82. The normalized spacial score (nSPS) is 10.8. The number of aryl methyl sites for hydroxylation is 1. The summed E-state index contributed by atoms with van der Waals surface area (Å²) in [6.07, 6.45) is 2.55. The molecule has 0 aliphatic carbocycles. The molecule has 3 rings (SSSR count). The number of amides is 2. The monoisotopic (exact) mass is 501 g/mol. The van der Waals surface area contributed by atoms with Crippen molar-refractivity contribution in [3.05, 3.63) is 93.7 Å². The van der Waals surface area contributed by atoms with Crippen molar-refractivity contribution >= 4 is 35.0 Å². The summed E-state index contributed by atoms with van der Waals surface area (Å²) in [5.41, 5.74) is 2.41. The van der Waals surface area contributed by atoms with E-state index in [1.54, 1.807) is 29.0 Å². The fourth-order valence-electron chi connectivity index (χ4n) is 3.62. The van der Waals surface area contributed by atoms with Gasteiger partial charge in [-0.3, -0.25) is 9.59 Å². The third-order valence-electron chi connectivity index (χ3n) is 5.53. The van der Waals surface area contributed by atoms with Crippen LogP contribution in [0.15, 0.2) is 66.9 Å². The van der Waals surface area contributed by atoms with Crippen LogP contribution in [0, 0.1) is 0 Å². The van der Waals surface area contributed by atoms with Crippen LogP contribution >= 0.6 is 23.2 Å². The number of methoxy groups -OCH3 is 1. The maximum absolute atomic E-state index is 13.5. The lowest BCUT2D eigenvalue weighted by Crippen LogP contribution is -2.43. The van der Waals surface area contributed by atoms with Crippen LogP contribution in [-0.4, -0.2) is 53.0 Å². The summed E-state index contributed by atoms with van der Waals surface area (Å²) in [6, 6.07) is 18.5. The zero-order valence-electron chi connectivity index (χ0n) is 19.4. The van der Waals surface area contributed by atoms with Crippen molar-refractivity contribution < 1.29 is 14.3 Å². The largest absolute Gasteiger partial charge is 0.385 e. The van der Waals surface area contributed by atoms with Gasteiger partial charge in [-0.25, -0.2) is 0 Å². The van der Waals surface area contributed by atoms with Gasteiger partial charge in [-0.1, -0.05) is 53.5 Å². The summed E-state index contributed by atoms with van der Waals surface area (Å²) < 4.78 is 7.14. The first-order chi connectivity index (χ1) is 16.4. The molecule has 0 aliphatic rings. The van der Waals surface area contributed by atoms with Gasteiger partial charge in [-0.2, -0.15) is 0 Å². The number of hydrogen-bond acceptors (Lipinski definition) is 3. The quantitative estimate of drug-likeness (QED) is 0.346. The highest BCUT2D eigenvalue weighted by molar-refractivity contribution is 6.42. The van der Waals surface area contributed by atoms with Gasteiger partial charge in [0.25, 0.3) is 5.91 Å². The van der Waals surface area contributed by atoms with Crippen molar-refractivity contribution in [1.82, 2.24) is 14.4 Å². The second-order valence-corrected chi connectivity index (χ2v) is 8.86. The molecule has 1 heterocycles. The van der Waals surface area contributed by atoms with E-state index in [1.807, 2.05) is 60.3 Å². The Hall–Kier alpha value is -2.80. The van der Waals surface area contributed by atoms with Crippen LogP contribution in [0.3, 0.4) is 0 Å². The second-order valence-electron chi connectivity index (χ2n) is 8.05. The van der Waals surface area contributed by atoms with E-state index in [0.29, 0.717) is 48.3 Å². The summed E-state index contributed by atoms with van der Waals surface area (Å²) in [4.78, 5) is 30.1. The van der Waals surface area contributed by atoms with Crippen molar-refractivity contribution in [3.8, 4) is 0 Å². The van der Waals surface area contributed by atoms with E-state index in [9.17, 15) is 9.59 Å². The fourth-order valence-corrected chi connectivity index (χ4v) is 3.92. The van der Waals surface area contributed by atoms with Gasteiger partial charge < -0.3 is 19.1 Å². The minimum absolute atomic E-state index is 0.0555. The molecule has 0 saturated heterocycles. The van der Waals surface area contributed by atoms with Gasteiger partial charge in [-0.05, 0) is 42.3 Å². The lowest BCUT2D eigenvalue weighted by molar-refractivity contribution is -0.133. The van der Waals surface area contributed by atoms with Gasteiger partial charge >= 0.3 is 0 Å². The molecule has 6 nitrogen and oxygen atoms in total. The number of rotatable bonds is 11. The summed E-state index contributed by atoms with van der Waals surface area (Å²) >= 11 is 12.1. The summed E-state index contributed by atoms with van der Waals surface area (Å²) in [5, 5.41) is 0.668. The second kappa shape index (κ2) is 12.6. The molecule has 3 aromatic rings. The number of aromatic nitrogens is 1. The Morgan fingerprint density at radius 2 is 1.71 bits per heavy atom. The molecule has 2 aromatic carbocycles. The summed E-state index contributed by atoms with van der Waals surface area (Å²) in [6.45, 7) is 1.68. The molecule has 0 N–H and O–H groups in total. The minimum Gasteiger partial charge on any atom is -0.385 e. The highest BCUT2D eigenvalue weighted by Gasteiger charge is 2.23. The molecule has 180 valence electrons. The maximum Gasteiger partial charge on any atom is 0.254 e. The molecule has 0 radical (unpaired) electrons. The number of halogens is 2. The first kappa shape index (κ1) is 25.8. The van der Waals surface area contributed by atoms with Crippen LogP contribution < -0.4 is 0 Å². The molecule has 0 aliphatic heterocycles. The fraction of sp³-hybridized carbons (Fsp3) is 0.308. The highest BCUT2D eigenvalue weighted by Crippen LogP contribution is 2.23. The predicted molar refractivity (Wildman–Crippen MR) is 135 cm³/mol. The van der Waals surface area contributed by atoms with E-state index in [-0.39, 0.29) is 18.4 Å². The number of ether oxygens (including phenoxy) is 1. The minimum atomic E-state index is -0.276. The van der Waals surface area contributed by atoms with Crippen LogP contribution in [0.5, 0.6) is 0 Å². The number of carbonyl (C=O) groups excluding carboxylic acids is 2. The average molecular weight is 502 g/mol. The smallest absolute Gasteiger partial charge is 0.254 e. The molecule has 8 heteroatoms. The number of hydrogen-bond donors (Lipinski definition) is 0. The molecule has 0 unspecified atom stereocenters. The highest BCUT2D eigenvalue weighted by atomic mass is 35.5. The van der Waals surface area contributed by atoms with Gasteiger partial charge in [0.2, 0.25) is 5.91 Å². The SMILES string of the molecule is COCCCN(CC(=O)N(Cc1ccccc1)Cc1cccn1C)C(=O)c1ccc(Cl)c(Cl)c1. The van der Waals surface area contributed by atoms with Gasteiger partial charge in [0.1, 0.15) is 6.54 Å². The standard InChI is InChI=1S/C26H29Cl2N3O3/c1-29-13-6-10-22(29)18-31(17-20-8-4-3-5-9-20)25(32)19-30(14-7-15-34-2)26(33)21-11-12-23(27)24(28)16-21/h3-6,8-13,16H,7,14-15,17-19H2,1-2H3. The van der Waals surface area contributed by atoms with Crippen molar-refractivity contribution in [1.29, 1.82) is 0 Å². The lowest BCUT2D eigenvalue weighted by Gasteiger charge is -2.28. The van der Waals surface area contributed by atoms with Crippen LogP contribution in [0.25, 0.3) is 0 Å². The van der Waals surface area contributed by atoms with E-state index >= 15 is 0 Å². The summed E-state index contributed by atoms with van der Waals surface area (Å²) in [7, 11) is 3.56. The van der Waals surface area contributed by atoms with Crippen molar-refractivity contribution in [2.45, 2.75) is 19.5 Å². The Bertz CT molecular complexity index is 1100. The molecule has 0 atom stereocenters. The predicted octanol–water partition coefficient (Wildman–Crippen LogP) is 5.04. The number of benzene rings is 2. The summed E-state index contributed by atoms with van der Waals surface area (Å²) in [5.74, 6) is -0.419. The van der Waals surface area contributed by atoms with E-state index in [1.165, 1.54) is 6.07 Å². The Morgan fingerprint density at radius 1 is 0.941 bits per heavy atom. The van der Waals surface area contributed by atoms with Crippen LogP contribution in [0.4, 0.5) is 0 Å². The van der Waals surface area contributed by atoms with E-state index in [0.717, 1.165) is 11.3 Å². The molecule has 0 spiro atoms. The Kier molecular flexibility index (Phi) is 9.57. The van der Waals surface area contributed by atoms with Crippen molar-refractivity contribution in [2.24, 2.45) is 7.05 Å². The average Bonchev–Trinajstić information content (AvgIpc) is 3.24. The zero-order chi connectivity index (χ0) is 24.5. The number of carbonyl (C=O) groups is 2. The van der Waals surface area contributed by atoms with Gasteiger partial charge in [0, 0.05) is 51.3 Å². The molecule has 2 amide bonds. The first-order valence-electron chi connectivity index (χ1n) is 11.0. The third kappa shape index (κ3) is 7.10. The maximum atomic E-state index is 13.5. The third-order valence-corrected chi connectivity index (χ3v) is 6.27. The Labute approximate surface area is 210 Å². The van der Waals surface area contributed by atoms with Crippen LogP contribution in [0.1, 0.15) is 28.0 Å². The van der Waals surface area contributed by atoms with E-state index < -0.39 is 0 Å². The van der Waals surface area contributed by atoms with Crippen LogP contribution in [0.2, 0.25) is 10.0 Å². The van der Waals surface area contributed by atoms with Gasteiger partial charge in [0.15, 0.2) is 0 Å². The molecule has 0 saturated carbocycles. The zero-order valence-corrected chi connectivity index (χ0v) is 20.9. The van der Waals surface area contributed by atoms with Gasteiger partial charge in [0.05, 0.1) is 16.6 Å². The first-order valence-corrected chi connectivity index (χ1v) is 11.8.